The lowest BCUT2D eigenvalue weighted by Gasteiger charge is -2.22. The lowest BCUT2D eigenvalue weighted by Crippen LogP contribution is -2.22. The third kappa shape index (κ3) is 9.09. The van der Waals surface area contributed by atoms with Gasteiger partial charge in [-0.2, -0.15) is 5.10 Å². The highest BCUT2D eigenvalue weighted by Gasteiger charge is 2.26. The number of pyridine rings is 3. The van der Waals surface area contributed by atoms with Crippen LogP contribution in [0.3, 0.4) is 0 Å². The van der Waals surface area contributed by atoms with Crippen molar-refractivity contribution in [3.05, 3.63) is 64.9 Å². The zero-order valence-corrected chi connectivity index (χ0v) is 25.3. The number of unbranched alkanes of at least 4 members (excludes halogenated alkanes) is 2. The SMILES string of the molecule is C=NNC(=NC)c1c(-c2ccnc(C)c2)nc2c(c1-c1ccnc(C)c1)CCCCC2.CCC.CCCCC. The fourth-order valence-corrected chi connectivity index (χ4v) is 4.72. The Hall–Kier alpha value is -3.41. The number of hydrogen-bond acceptors (Lipinski definition) is 5. The van der Waals surface area contributed by atoms with E-state index in [1.807, 2.05) is 32.3 Å². The fourth-order valence-electron chi connectivity index (χ4n) is 4.72. The normalized spacial score (nSPS) is 12.6. The molecule has 6 nitrogen and oxygen atoms in total. The van der Waals surface area contributed by atoms with Crippen molar-refractivity contribution >= 4 is 12.6 Å². The smallest absolute Gasteiger partial charge is 0.151 e. The van der Waals surface area contributed by atoms with Gasteiger partial charge in [-0.25, -0.2) is 0 Å². The fraction of sp³-hybridized carbons (Fsp3) is 0.485. The maximum atomic E-state index is 5.22. The maximum absolute atomic E-state index is 5.22. The predicted octanol–water partition coefficient (Wildman–Crippen LogP) is 8.29. The molecule has 1 N–H and O–H groups in total. The number of amidine groups is 1. The van der Waals surface area contributed by atoms with Crippen molar-refractivity contribution in [2.45, 2.75) is 99.3 Å². The Kier molecular flexibility index (Phi) is 14.1. The molecule has 6 heteroatoms. The first-order chi connectivity index (χ1) is 18.9. The third-order valence-electron chi connectivity index (χ3n) is 6.43. The summed E-state index contributed by atoms with van der Waals surface area (Å²) in [6, 6.07) is 8.30. The molecule has 4 rings (SSSR count). The molecule has 1 aliphatic rings. The molecule has 0 atom stereocenters. The molecule has 1 aliphatic carbocycles. The second-order valence-corrected chi connectivity index (χ2v) is 9.97. The van der Waals surface area contributed by atoms with Crippen molar-refractivity contribution in [2.24, 2.45) is 10.1 Å². The van der Waals surface area contributed by atoms with Gasteiger partial charge in [-0.05, 0) is 80.5 Å². The Bertz CT molecular complexity index is 1210. The van der Waals surface area contributed by atoms with E-state index in [4.69, 9.17) is 4.98 Å². The zero-order chi connectivity index (χ0) is 28.6. The monoisotopic (exact) mass is 528 g/mol. The van der Waals surface area contributed by atoms with Crippen LogP contribution in [0.25, 0.3) is 22.4 Å². The zero-order valence-electron chi connectivity index (χ0n) is 25.3. The molecule has 210 valence electrons. The number of aliphatic imine (C=N–C) groups is 1. The highest BCUT2D eigenvalue weighted by molar-refractivity contribution is 6.09. The molecule has 3 heterocycles. The van der Waals surface area contributed by atoms with Crippen LogP contribution in [0, 0.1) is 13.8 Å². The van der Waals surface area contributed by atoms with Crippen LogP contribution >= 0.6 is 0 Å². The van der Waals surface area contributed by atoms with Gasteiger partial charge in [-0.15, -0.1) is 0 Å². The molecule has 0 saturated heterocycles. The van der Waals surface area contributed by atoms with Crippen molar-refractivity contribution < 1.29 is 0 Å². The highest BCUT2D eigenvalue weighted by atomic mass is 15.3. The van der Waals surface area contributed by atoms with E-state index in [1.165, 1.54) is 48.9 Å². The molecular weight excluding hydrogens is 480 g/mol. The summed E-state index contributed by atoms with van der Waals surface area (Å²) in [6.45, 7) is 16.3. The number of fused-ring (bicyclic) bond motifs is 1. The summed E-state index contributed by atoms with van der Waals surface area (Å²) in [7, 11) is 1.77. The molecule has 0 fully saturated rings. The lowest BCUT2D eigenvalue weighted by atomic mass is 9.88. The molecule has 3 aromatic rings. The maximum Gasteiger partial charge on any atom is 0.151 e. The average molecular weight is 529 g/mol. The number of aromatic nitrogens is 3. The van der Waals surface area contributed by atoms with Crippen LogP contribution in [0.2, 0.25) is 0 Å². The summed E-state index contributed by atoms with van der Waals surface area (Å²) in [5.74, 6) is 0.656. The molecule has 0 aliphatic heterocycles. The van der Waals surface area contributed by atoms with Gasteiger partial charge in [0.1, 0.15) is 0 Å². The molecular formula is C33H48N6. The van der Waals surface area contributed by atoms with E-state index in [9.17, 15) is 0 Å². The van der Waals surface area contributed by atoms with Gasteiger partial charge >= 0.3 is 0 Å². The Morgan fingerprint density at radius 3 is 2.03 bits per heavy atom. The molecule has 0 saturated carbocycles. The number of hydrogen-bond donors (Lipinski definition) is 1. The van der Waals surface area contributed by atoms with Crippen LogP contribution in [-0.2, 0) is 12.8 Å². The Morgan fingerprint density at radius 1 is 0.897 bits per heavy atom. The quantitative estimate of drug-likeness (QED) is 0.151. The van der Waals surface area contributed by atoms with Crippen LogP contribution in [0.15, 0.2) is 46.8 Å². The van der Waals surface area contributed by atoms with Crippen LogP contribution in [0.1, 0.15) is 101 Å². The minimum atomic E-state index is 0.656. The van der Waals surface area contributed by atoms with E-state index < -0.39 is 0 Å². The number of nitrogens with zero attached hydrogens (tertiary/aromatic N) is 5. The summed E-state index contributed by atoms with van der Waals surface area (Å²) in [5.41, 5.74) is 12.6. The standard InChI is InChI=1S/C25H28N6.C5H12.C3H8/c1-16-14-18(10-12-28-16)22-20-8-6-5-7-9-21(20)30-24(19-11-13-29-17(2)15-19)23(22)25(26-3)31-27-4;1-3-5-4-2;1-3-2/h10-15H,4-9H2,1-3H3,(H,26,31);3-5H2,1-2H3;3H2,1-2H3. The Morgan fingerprint density at radius 2 is 1.49 bits per heavy atom. The van der Waals surface area contributed by atoms with Crippen molar-refractivity contribution in [2.75, 3.05) is 7.05 Å². The van der Waals surface area contributed by atoms with Crippen LogP contribution in [-0.4, -0.2) is 34.6 Å². The van der Waals surface area contributed by atoms with Gasteiger partial charge in [-0.3, -0.25) is 25.4 Å². The first-order valence-corrected chi connectivity index (χ1v) is 14.6. The first kappa shape index (κ1) is 31.8. The van der Waals surface area contributed by atoms with Crippen LogP contribution in [0.4, 0.5) is 0 Å². The van der Waals surface area contributed by atoms with E-state index in [2.05, 4.69) is 78.1 Å². The molecule has 0 bridgehead atoms. The van der Waals surface area contributed by atoms with E-state index in [0.29, 0.717) is 5.84 Å². The van der Waals surface area contributed by atoms with Crippen LogP contribution < -0.4 is 5.43 Å². The van der Waals surface area contributed by atoms with Crippen molar-refractivity contribution in [1.29, 1.82) is 0 Å². The number of aryl methyl sites for hydroxylation is 3. The number of rotatable bonds is 6. The van der Waals surface area contributed by atoms with Gasteiger partial charge in [0.05, 0.1) is 11.3 Å². The minimum Gasteiger partial charge on any atom is -0.270 e. The summed E-state index contributed by atoms with van der Waals surface area (Å²) in [6.07, 6.45) is 14.5. The number of nitrogens with one attached hydrogen (secondary N) is 1. The van der Waals surface area contributed by atoms with Crippen molar-refractivity contribution in [3.63, 3.8) is 0 Å². The van der Waals surface area contributed by atoms with E-state index >= 15 is 0 Å². The third-order valence-corrected chi connectivity index (χ3v) is 6.43. The Labute approximate surface area is 236 Å². The highest BCUT2D eigenvalue weighted by Crippen LogP contribution is 2.38. The van der Waals surface area contributed by atoms with Gasteiger partial charge in [0, 0.05) is 48.8 Å². The molecule has 0 amide bonds. The van der Waals surface area contributed by atoms with Gasteiger partial charge in [0.15, 0.2) is 5.84 Å². The second-order valence-electron chi connectivity index (χ2n) is 9.97. The van der Waals surface area contributed by atoms with E-state index in [-0.39, 0.29) is 0 Å². The molecule has 0 unspecified atom stereocenters. The molecule has 39 heavy (non-hydrogen) atoms. The average Bonchev–Trinajstić information content (AvgIpc) is 3.17. The van der Waals surface area contributed by atoms with E-state index in [1.54, 1.807) is 7.05 Å². The van der Waals surface area contributed by atoms with Crippen molar-refractivity contribution in [3.8, 4) is 22.4 Å². The van der Waals surface area contributed by atoms with Crippen molar-refractivity contribution in [1.82, 2.24) is 20.4 Å². The number of hydrazone groups is 1. The Balaban J connectivity index is 0.000000590. The predicted molar refractivity (Wildman–Crippen MR) is 168 cm³/mol. The molecule has 3 aromatic heterocycles. The second kappa shape index (κ2) is 17.2. The van der Waals surface area contributed by atoms with E-state index in [0.717, 1.165) is 59.5 Å². The van der Waals surface area contributed by atoms with Crippen LogP contribution in [0.5, 0.6) is 0 Å². The largest absolute Gasteiger partial charge is 0.270 e. The molecule has 0 spiro atoms. The summed E-state index contributed by atoms with van der Waals surface area (Å²) in [5, 5.41) is 3.94. The summed E-state index contributed by atoms with van der Waals surface area (Å²) < 4.78 is 0. The molecule has 0 radical (unpaired) electrons. The molecule has 0 aromatic carbocycles. The first-order valence-electron chi connectivity index (χ1n) is 14.6. The van der Waals surface area contributed by atoms with Gasteiger partial charge < -0.3 is 0 Å². The van der Waals surface area contributed by atoms with Gasteiger partial charge in [0.2, 0.25) is 0 Å². The topological polar surface area (TPSA) is 75.4 Å². The summed E-state index contributed by atoms with van der Waals surface area (Å²) >= 11 is 0. The van der Waals surface area contributed by atoms with Gasteiger partial charge in [-0.1, -0.05) is 59.8 Å². The van der Waals surface area contributed by atoms with Gasteiger partial charge in [0.25, 0.3) is 0 Å². The summed E-state index contributed by atoms with van der Waals surface area (Å²) in [4.78, 5) is 18.6. The lowest BCUT2D eigenvalue weighted by molar-refractivity contribution is 0.709. The minimum absolute atomic E-state index is 0.656.